The topological polar surface area (TPSA) is 52.6 Å². The first kappa shape index (κ1) is 14.1. The van der Waals surface area contributed by atoms with E-state index < -0.39 is 0 Å². The first-order chi connectivity index (χ1) is 9.31. The van der Waals surface area contributed by atoms with Crippen molar-refractivity contribution in [3.63, 3.8) is 0 Å². The van der Waals surface area contributed by atoms with E-state index in [0.717, 1.165) is 19.6 Å². The minimum Gasteiger partial charge on any atom is -0.384 e. The van der Waals surface area contributed by atoms with Gasteiger partial charge in [0.1, 0.15) is 11.5 Å². The van der Waals surface area contributed by atoms with Gasteiger partial charge in [-0.05, 0) is 37.4 Å². The number of aliphatic hydroxyl groups is 1. The molecule has 0 unspecified atom stereocenters. The monoisotopic (exact) mass is 278 g/mol. The van der Waals surface area contributed by atoms with E-state index >= 15 is 0 Å². The van der Waals surface area contributed by atoms with Crippen LogP contribution in [0.2, 0.25) is 0 Å². The Morgan fingerprint density at radius 2 is 2.26 bits per heavy atom. The van der Waals surface area contributed by atoms with Crippen LogP contribution >= 0.6 is 11.3 Å². The zero-order valence-electron chi connectivity index (χ0n) is 10.8. The van der Waals surface area contributed by atoms with Crippen LogP contribution in [0.15, 0.2) is 11.4 Å². The van der Waals surface area contributed by atoms with Crippen molar-refractivity contribution in [2.24, 2.45) is 0 Å². The van der Waals surface area contributed by atoms with Crippen LogP contribution in [0.3, 0.4) is 0 Å². The number of thiophene rings is 1. The molecule has 0 spiro atoms. The molecule has 1 aliphatic rings. The Morgan fingerprint density at radius 1 is 1.47 bits per heavy atom. The van der Waals surface area contributed by atoms with Crippen LogP contribution in [0.4, 0.5) is 0 Å². The zero-order chi connectivity index (χ0) is 13.5. The molecule has 1 aliphatic heterocycles. The smallest absolute Gasteiger partial charge is 0.262 e. The second kappa shape index (κ2) is 7.29. The van der Waals surface area contributed by atoms with Gasteiger partial charge in [-0.25, -0.2) is 0 Å². The van der Waals surface area contributed by atoms with E-state index in [1.54, 1.807) is 0 Å². The molecule has 102 valence electrons. The molecule has 1 aromatic heterocycles. The number of hydrogen-bond donors (Lipinski definition) is 2. The summed E-state index contributed by atoms with van der Waals surface area (Å²) in [4.78, 5) is 15.0. The highest BCUT2D eigenvalue weighted by Gasteiger charge is 2.14. The van der Waals surface area contributed by atoms with Gasteiger partial charge >= 0.3 is 0 Å². The van der Waals surface area contributed by atoms with Crippen molar-refractivity contribution in [3.05, 3.63) is 21.9 Å². The standard InChI is InChI=1S/C14H18N2O2S/c17-10-3-4-12-5-11-19-13(12)14(18)15-6-9-16-7-1-2-8-16/h5,11,17H,1-2,6-10H2,(H,15,18). The Hall–Kier alpha value is -1.35. The summed E-state index contributed by atoms with van der Waals surface area (Å²) in [7, 11) is 0. The third-order valence-electron chi connectivity index (χ3n) is 3.09. The van der Waals surface area contributed by atoms with E-state index in [1.165, 1.54) is 24.2 Å². The van der Waals surface area contributed by atoms with E-state index in [4.69, 9.17) is 5.11 Å². The summed E-state index contributed by atoms with van der Waals surface area (Å²) >= 11 is 1.38. The molecule has 2 N–H and O–H groups in total. The molecule has 5 heteroatoms. The fourth-order valence-electron chi connectivity index (χ4n) is 2.13. The van der Waals surface area contributed by atoms with E-state index in [1.807, 2.05) is 11.4 Å². The fraction of sp³-hybridized carbons (Fsp3) is 0.500. The summed E-state index contributed by atoms with van der Waals surface area (Å²) in [6, 6.07) is 1.81. The van der Waals surface area contributed by atoms with Crippen LogP contribution in [0.1, 0.15) is 28.1 Å². The summed E-state index contributed by atoms with van der Waals surface area (Å²) in [5, 5.41) is 13.5. The average molecular weight is 278 g/mol. The van der Waals surface area contributed by atoms with Gasteiger partial charge in [-0.15, -0.1) is 11.3 Å². The van der Waals surface area contributed by atoms with Gasteiger partial charge in [0.15, 0.2) is 0 Å². The van der Waals surface area contributed by atoms with E-state index in [-0.39, 0.29) is 12.5 Å². The van der Waals surface area contributed by atoms with Crippen molar-refractivity contribution < 1.29 is 9.90 Å². The molecular formula is C14H18N2O2S. The second-order valence-corrected chi connectivity index (χ2v) is 5.34. The number of nitrogens with zero attached hydrogens (tertiary/aromatic N) is 1. The number of carbonyl (C=O) groups excluding carboxylic acids is 1. The molecule has 0 saturated carbocycles. The minimum atomic E-state index is -0.189. The number of likely N-dealkylation sites (tertiary alicyclic amines) is 1. The summed E-state index contributed by atoms with van der Waals surface area (Å²) < 4.78 is 0. The van der Waals surface area contributed by atoms with Crippen molar-refractivity contribution in [1.82, 2.24) is 10.2 Å². The van der Waals surface area contributed by atoms with Crippen LogP contribution in [-0.2, 0) is 0 Å². The van der Waals surface area contributed by atoms with E-state index in [2.05, 4.69) is 22.1 Å². The van der Waals surface area contributed by atoms with Crippen molar-refractivity contribution in [2.75, 3.05) is 32.8 Å². The molecule has 2 heterocycles. The molecular weight excluding hydrogens is 260 g/mol. The van der Waals surface area contributed by atoms with Crippen LogP contribution in [-0.4, -0.2) is 48.7 Å². The summed E-state index contributed by atoms with van der Waals surface area (Å²) in [6.45, 7) is 3.68. The quantitative estimate of drug-likeness (QED) is 0.805. The molecule has 1 aromatic rings. The lowest BCUT2D eigenvalue weighted by Gasteiger charge is -2.14. The number of carbonyl (C=O) groups is 1. The lowest BCUT2D eigenvalue weighted by molar-refractivity contribution is 0.0953. The highest BCUT2D eigenvalue weighted by Crippen LogP contribution is 2.15. The molecule has 19 heavy (non-hydrogen) atoms. The highest BCUT2D eigenvalue weighted by molar-refractivity contribution is 7.12. The number of aliphatic hydroxyl groups excluding tert-OH is 1. The van der Waals surface area contributed by atoms with E-state index in [0.29, 0.717) is 17.0 Å². The van der Waals surface area contributed by atoms with Crippen LogP contribution in [0, 0.1) is 11.8 Å². The van der Waals surface area contributed by atoms with Gasteiger partial charge in [-0.3, -0.25) is 4.79 Å². The van der Waals surface area contributed by atoms with Crippen molar-refractivity contribution >= 4 is 17.2 Å². The van der Waals surface area contributed by atoms with Gasteiger partial charge in [-0.1, -0.05) is 11.8 Å². The number of rotatable bonds is 4. The second-order valence-electron chi connectivity index (χ2n) is 4.43. The maximum absolute atomic E-state index is 12.0. The third kappa shape index (κ3) is 4.06. The Kier molecular flexibility index (Phi) is 5.40. The minimum absolute atomic E-state index is 0.0727. The Bertz CT molecular complexity index is 481. The summed E-state index contributed by atoms with van der Waals surface area (Å²) in [6.07, 6.45) is 2.53. The molecule has 1 amide bonds. The Morgan fingerprint density at radius 3 is 3.00 bits per heavy atom. The fourth-order valence-corrected chi connectivity index (χ4v) is 2.90. The predicted octanol–water partition coefficient (Wildman–Crippen LogP) is 0.918. The Labute approximate surface area is 117 Å². The van der Waals surface area contributed by atoms with Crippen molar-refractivity contribution in [3.8, 4) is 11.8 Å². The first-order valence-electron chi connectivity index (χ1n) is 6.49. The summed E-state index contributed by atoms with van der Waals surface area (Å²) in [5.41, 5.74) is 0.692. The van der Waals surface area contributed by atoms with Gasteiger partial charge < -0.3 is 15.3 Å². The molecule has 0 atom stereocenters. The van der Waals surface area contributed by atoms with Crippen molar-refractivity contribution in [1.29, 1.82) is 0 Å². The average Bonchev–Trinajstić information content (AvgIpc) is 3.07. The number of amides is 1. The van der Waals surface area contributed by atoms with Gasteiger partial charge in [0, 0.05) is 18.7 Å². The molecule has 2 rings (SSSR count). The molecule has 0 aromatic carbocycles. The van der Waals surface area contributed by atoms with E-state index in [9.17, 15) is 4.79 Å². The van der Waals surface area contributed by atoms with Gasteiger partial charge in [0.05, 0.1) is 0 Å². The third-order valence-corrected chi connectivity index (χ3v) is 4.00. The summed E-state index contributed by atoms with van der Waals surface area (Å²) in [5.74, 6) is 5.29. The number of hydrogen-bond acceptors (Lipinski definition) is 4. The molecule has 0 aliphatic carbocycles. The number of nitrogens with one attached hydrogen (secondary N) is 1. The van der Waals surface area contributed by atoms with Crippen LogP contribution < -0.4 is 5.32 Å². The van der Waals surface area contributed by atoms with Gasteiger partial charge in [0.2, 0.25) is 0 Å². The maximum Gasteiger partial charge on any atom is 0.262 e. The molecule has 4 nitrogen and oxygen atoms in total. The predicted molar refractivity (Wildman–Crippen MR) is 76.3 cm³/mol. The normalized spacial score (nSPS) is 15.0. The molecule has 0 bridgehead atoms. The van der Waals surface area contributed by atoms with Crippen molar-refractivity contribution in [2.45, 2.75) is 12.8 Å². The molecule has 1 saturated heterocycles. The maximum atomic E-state index is 12.0. The lowest BCUT2D eigenvalue weighted by Crippen LogP contribution is -2.33. The van der Waals surface area contributed by atoms with Crippen LogP contribution in [0.25, 0.3) is 0 Å². The van der Waals surface area contributed by atoms with Gasteiger partial charge in [-0.2, -0.15) is 0 Å². The molecule has 1 fully saturated rings. The largest absolute Gasteiger partial charge is 0.384 e. The van der Waals surface area contributed by atoms with Gasteiger partial charge in [0.25, 0.3) is 5.91 Å². The lowest BCUT2D eigenvalue weighted by atomic mass is 10.2. The highest BCUT2D eigenvalue weighted by atomic mass is 32.1. The SMILES string of the molecule is O=C(NCCN1CCCC1)c1sccc1C#CCO. The van der Waals surface area contributed by atoms with Crippen LogP contribution in [0.5, 0.6) is 0 Å². The Balaban J connectivity index is 1.83. The molecule has 0 radical (unpaired) electrons. The zero-order valence-corrected chi connectivity index (χ0v) is 11.6. The first-order valence-corrected chi connectivity index (χ1v) is 7.37.